The SMILES string of the molecule is Nc1nc2nc(-c3c(Cl)ccc(Cl)c3N)[nH]c2c(=O)[nH]1. The fourth-order valence-corrected chi connectivity index (χ4v) is 2.26. The van der Waals surface area contributed by atoms with Crippen LogP contribution in [0.15, 0.2) is 16.9 Å². The molecule has 0 fully saturated rings. The Labute approximate surface area is 121 Å². The van der Waals surface area contributed by atoms with Crippen molar-refractivity contribution >= 4 is 46.0 Å². The maximum Gasteiger partial charge on any atom is 0.278 e. The largest absolute Gasteiger partial charge is 0.397 e. The number of benzene rings is 1. The van der Waals surface area contributed by atoms with Crippen molar-refractivity contribution in [2.45, 2.75) is 0 Å². The average Bonchev–Trinajstić information content (AvgIpc) is 2.78. The molecule has 0 spiro atoms. The number of hydrogen-bond donors (Lipinski definition) is 4. The summed E-state index contributed by atoms with van der Waals surface area (Å²) in [7, 11) is 0. The number of nitrogen functional groups attached to an aromatic ring is 2. The second-order valence-electron chi connectivity index (χ2n) is 4.05. The predicted octanol–water partition coefficient (Wildman–Crippen LogP) is 1.78. The summed E-state index contributed by atoms with van der Waals surface area (Å²) in [6.45, 7) is 0. The minimum atomic E-state index is -0.428. The van der Waals surface area contributed by atoms with E-state index in [1.54, 1.807) is 12.1 Å². The first-order valence-corrected chi connectivity index (χ1v) is 6.22. The van der Waals surface area contributed by atoms with Crippen LogP contribution >= 0.6 is 23.2 Å². The smallest absolute Gasteiger partial charge is 0.278 e. The maximum atomic E-state index is 11.7. The van der Waals surface area contributed by atoms with E-state index in [0.717, 1.165) is 0 Å². The summed E-state index contributed by atoms with van der Waals surface area (Å²) < 4.78 is 0. The second kappa shape index (κ2) is 4.39. The summed E-state index contributed by atoms with van der Waals surface area (Å²) >= 11 is 12.1. The maximum absolute atomic E-state index is 11.7. The normalized spacial score (nSPS) is 11.1. The number of rotatable bonds is 1. The monoisotopic (exact) mass is 310 g/mol. The zero-order valence-electron chi connectivity index (χ0n) is 9.87. The van der Waals surface area contributed by atoms with Crippen molar-refractivity contribution in [3.05, 3.63) is 32.5 Å². The van der Waals surface area contributed by atoms with E-state index in [0.29, 0.717) is 21.4 Å². The second-order valence-corrected chi connectivity index (χ2v) is 4.87. The lowest BCUT2D eigenvalue weighted by Crippen LogP contribution is -2.10. The van der Waals surface area contributed by atoms with Gasteiger partial charge in [0.1, 0.15) is 5.82 Å². The molecule has 0 radical (unpaired) electrons. The molecule has 0 saturated carbocycles. The van der Waals surface area contributed by atoms with Crippen LogP contribution in [0.25, 0.3) is 22.6 Å². The first kappa shape index (κ1) is 12.8. The minimum Gasteiger partial charge on any atom is -0.397 e. The van der Waals surface area contributed by atoms with Crippen LogP contribution in [0.2, 0.25) is 10.0 Å². The number of nitrogens with zero attached hydrogens (tertiary/aromatic N) is 2. The number of aromatic amines is 2. The van der Waals surface area contributed by atoms with Gasteiger partial charge in [0.05, 0.1) is 21.3 Å². The predicted molar refractivity (Wildman–Crippen MR) is 78.8 cm³/mol. The third kappa shape index (κ3) is 1.87. The van der Waals surface area contributed by atoms with Gasteiger partial charge in [-0.2, -0.15) is 4.98 Å². The fraction of sp³-hybridized carbons (Fsp3) is 0. The molecule has 1 aromatic carbocycles. The first-order valence-electron chi connectivity index (χ1n) is 5.46. The summed E-state index contributed by atoms with van der Waals surface area (Å²) in [6, 6.07) is 3.17. The number of imidazole rings is 1. The Bertz CT molecular complexity index is 884. The van der Waals surface area contributed by atoms with Gasteiger partial charge in [-0.05, 0) is 12.1 Å². The number of nitrogens with two attached hydrogens (primary N) is 2. The van der Waals surface area contributed by atoms with Crippen molar-refractivity contribution < 1.29 is 0 Å². The fourth-order valence-electron chi connectivity index (χ4n) is 1.85. The molecule has 0 amide bonds. The number of aromatic nitrogens is 4. The van der Waals surface area contributed by atoms with Crippen LogP contribution in [0.4, 0.5) is 11.6 Å². The van der Waals surface area contributed by atoms with E-state index in [2.05, 4.69) is 19.9 Å². The molecule has 9 heteroatoms. The molecule has 2 heterocycles. The van der Waals surface area contributed by atoms with Gasteiger partial charge in [-0.1, -0.05) is 23.2 Å². The van der Waals surface area contributed by atoms with Gasteiger partial charge in [0.25, 0.3) is 5.56 Å². The highest BCUT2D eigenvalue weighted by Gasteiger charge is 2.16. The van der Waals surface area contributed by atoms with E-state index < -0.39 is 5.56 Å². The van der Waals surface area contributed by atoms with Gasteiger partial charge in [-0.25, -0.2) is 4.98 Å². The molecule has 2 aromatic heterocycles. The molecular weight excluding hydrogens is 303 g/mol. The summed E-state index contributed by atoms with van der Waals surface area (Å²) in [6.07, 6.45) is 0. The number of hydrogen-bond acceptors (Lipinski definition) is 5. The van der Waals surface area contributed by atoms with Gasteiger partial charge in [0, 0.05) is 0 Å². The molecule has 0 aliphatic rings. The van der Waals surface area contributed by atoms with Crippen LogP contribution < -0.4 is 17.0 Å². The Morgan fingerprint density at radius 1 is 1.05 bits per heavy atom. The molecular formula is C11H8Cl2N6O. The highest BCUT2D eigenvalue weighted by Crippen LogP contribution is 2.36. The van der Waals surface area contributed by atoms with Crippen LogP contribution in [-0.4, -0.2) is 19.9 Å². The Kier molecular flexibility index (Phi) is 2.81. The number of nitrogens with one attached hydrogen (secondary N) is 2. The van der Waals surface area contributed by atoms with E-state index in [1.807, 2.05) is 0 Å². The molecule has 0 bridgehead atoms. The average molecular weight is 311 g/mol. The van der Waals surface area contributed by atoms with E-state index in [1.165, 1.54) is 0 Å². The Hall–Kier alpha value is -2.25. The van der Waals surface area contributed by atoms with Crippen LogP contribution in [0.3, 0.4) is 0 Å². The van der Waals surface area contributed by atoms with Crippen molar-refractivity contribution in [2.24, 2.45) is 0 Å². The van der Waals surface area contributed by atoms with Gasteiger partial charge < -0.3 is 16.5 Å². The van der Waals surface area contributed by atoms with Gasteiger partial charge in [-0.15, -0.1) is 0 Å². The molecule has 102 valence electrons. The molecule has 3 rings (SSSR count). The zero-order valence-corrected chi connectivity index (χ0v) is 11.4. The molecule has 0 saturated heterocycles. The standard InChI is InChI=1S/C11H8Cl2N6O/c12-3-1-2-4(13)6(14)5(3)8-16-7-9(17-8)18-11(15)19-10(7)20/h1-2H,14H2,(H4,15,16,17,18,19,20). The lowest BCUT2D eigenvalue weighted by molar-refractivity contribution is 1.17. The van der Waals surface area contributed by atoms with Gasteiger partial charge in [-0.3, -0.25) is 9.78 Å². The Balaban J connectivity index is 2.34. The summed E-state index contributed by atoms with van der Waals surface area (Å²) in [5, 5.41) is 0.696. The van der Waals surface area contributed by atoms with Gasteiger partial charge >= 0.3 is 0 Å². The van der Waals surface area contributed by atoms with Crippen molar-refractivity contribution in [3.63, 3.8) is 0 Å². The number of anilines is 2. The van der Waals surface area contributed by atoms with Crippen molar-refractivity contribution in [2.75, 3.05) is 11.5 Å². The lowest BCUT2D eigenvalue weighted by atomic mass is 10.1. The molecule has 6 N–H and O–H groups in total. The van der Waals surface area contributed by atoms with E-state index in [4.69, 9.17) is 34.7 Å². The topological polar surface area (TPSA) is 126 Å². The minimum absolute atomic E-state index is 0.0225. The highest BCUT2D eigenvalue weighted by atomic mass is 35.5. The van der Waals surface area contributed by atoms with E-state index >= 15 is 0 Å². The number of H-pyrrole nitrogens is 2. The molecule has 20 heavy (non-hydrogen) atoms. The van der Waals surface area contributed by atoms with Crippen LogP contribution in [0.5, 0.6) is 0 Å². The molecule has 7 nitrogen and oxygen atoms in total. The van der Waals surface area contributed by atoms with Crippen LogP contribution in [0, 0.1) is 0 Å². The summed E-state index contributed by atoms with van der Waals surface area (Å²) in [4.78, 5) is 25.0. The summed E-state index contributed by atoms with van der Waals surface area (Å²) in [5.74, 6) is 0.277. The van der Waals surface area contributed by atoms with Crippen LogP contribution in [0.1, 0.15) is 0 Å². The number of fused-ring (bicyclic) bond motifs is 1. The van der Waals surface area contributed by atoms with E-state index in [-0.39, 0.29) is 22.8 Å². The zero-order chi connectivity index (χ0) is 14.4. The first-order chi connectivity index (χ1) is 9.47. The van der Waals surface area contributed by atoms with Crippen LogP contribution in [-0.2, 0) is 0 Å². The molecule has 0 aliphatic carbocycles. The molecule has 0 aliphatic heterocycles. The highest BCUT2D eigenvalue weighted by molar-refractivity contribution is 6.37. The summed E-state index contributed by atoms with van der Waals surface area (Å²) in [5.41, 5.74) is 12.0. The van der Waals surface area contributed by atoms with Crippen molar-refractivity contribution in [3.8, 4) is 11.4 Å². The molecule has 0 atom stereocenters. The molecule has 3 aromatic rings. The molecule has 0 unspecified atom stereocenters. The Morgan fingerprint density at radius 3 is 2.50 bits per heavy atom. The van der Waals surface area contributed by atoms with Gasteiger partial charge in [0.15, 0.2) is 11.2 Å². The quantitative estimate of drug-likeness (QED) is 0.510. The lowest BCUT2D eigenvalue weighted by Gasteiger charge is -2.06. The van der Waals surface area contributed by atoms with Gasteiger partial charge in [0.2, 0.25) is 5.95 Å². The van der Waals surface area contributed by atoms with E-state index in [9.17, 15) is 4.79 Å². The van der Waals surface area contributed by atoms with Crippen molar-refractivity contribution in [1.29, 1.82) is 0 Å². The third-order valence-corrected chi connectivity index (χ3v) is 3.40. The van der Waals surface area contributed by atoms with Crippen molar-refractivity contribution in [1.82, 2.24) is 19.9 Å². The third-order valence-electron chi connectivity index (χ3n) is 2.76. The Morgan fingerprint density at radius 2 is 1.75 bits per heavy atom. The number of halogens is 2.